The van der Waals surface area contributed by atoms with Crippen molar-refractivity contribution in [2.24, 2.45) is 15.0 Å². The van der Waals surface area contributed by atoms with Crippen LogP contribution in [0.15, 0.2) is 506 Å². The van der Waals surface area contributed by atoms with Crippen LogP contribution in [0.2, 0.25) is 0 Å². The fraction of sp³-hybridized carbons (Fsp3) is 0.0851. The van der Waals surface area contributed by atoms with E-state index in [1.807, 2.05) is 0 Å². The van der Waals surface area contributed by atoms with Crippen LogP contribution in [0.5, 0.6) is 0 Å². The predicted octanol–water partition coefficient (Wildman–Crippen LogP) is 31.8. The Kier molecular flexibility index (Phi) is 17.3. The van der Waals surface area contributed by atoms with E-state index in [1.165, 1.54) is 251 Å². The highest BCUT2D eigenvalue weighted by Gasteiger charge is 2.64. The van der Waals surface area contributed by atoms with Crippen LogP contribution in [-0.4, -0.2) is 17.1 Å². The maximum atomic E-state index is 5.11. The molecular formula is C141H93N3. The molecule has 9 aliphatic carbocycles. The molecule has 0 atom stereocenters. The number of benzene rings is 21. The molecule has 0 N–H and O–H groups in total. The second kappa shape index (κ2) is 30.6. The second-order valence-corrected chi connectivity index (χ2v) is 41.3. The monoisotopic (exact) mass is 1830 g/mol. The lowest BCUT2D eigenvalue weighted by Gasteiger charge is -2.48. The highest BCUT2D eigenvalue weighted by Crippen LogP contribution is 2.73. The van der Waals surface area contributed by atoms with E-state index < -0.39 is 32.5 Å². The Bertz CT molecular complexity index is 8780. The van der Waals surface area contributed by atoms with Gasteiger partial charge in [-0.25, -0.2) is 0 Å². The summed E-state index contributed by atoms with van der Waals surface area (Å²) in [6.07, 6.45) is 5.32. The molecule has 0 amide bonds. The van der Waals surface area contributed by atoms with E-state index in [0.717, 1.165) is 55.6 Å². The van der Waals surface area contributed by atoms with Gasteiger partial charge < -0.3 is 0 Å². The van der Waals surface area contributed by atoms with Crippen molar-refractivity contribution in [2.75, 3.05) is 0 Å². The number of rotatable bonds is 6. The summed E-state index contributed by atoms with van der Waals surface area (Å²) in [4.78, 5) is 15.2. The molecule has 0 bridgehead atoms. The van der Waals surface area contributed by atoms with Crippen molar-refractivity contribution < 1.29 is 0 Å². The standard InChI is InChI=1S/3C47H31N/c1-12-27-44-30(14-1)28-32(48-44)29-31-15-13-26-43-45(31)35-18-4-7-21-38(35)47(43)41-24-10-8-22-39(41)46(40-23-9-11-25-42(40)47)36-19-5-2-16-33(36)34-17-3-6-20-37(34)46;1-12-24-45-31(13-1)29-32(48-45)27-30-25-26-40-36(28-30)35-16-4-7-19-39(35)47(40)43-22-10-8-20-41(43)46(42-21-9-11-23-44(42)47)37-17-5-2-14-33(37)34-15-3-6-18-38(34)46;1-12-24-45-31(13-1)29-32(48-45)27-30-25-26-36-35-16-4-7-19-39(35)47(44(36)28-30)42-22-10-8-20-40(42)46(41-21-9-11-23-43(41)47)37-17-5-2-14-33(37)34-15-3-6-18-38(34)46/h1-27H,28-29H2;2*1-26,28H,27,29H2. The highest BCUT2D eigenvalue weighted by atomic mass is 14.8. The van der Waals surface area contributed by atoms with Gasteiger partial charge in [0, 0.05) is 55.7 Å². The zero-order valence-corrected chi connectivity index (χ0v) is 79.3. The van der Waals surface area contributed by atoms with Crippen molar-refractivity contribution in [1.82, 2.24) is 0 Å². The van der Waals surface area contributed by atoms with Crippen molar-refractivity contribution >= 4 is 34.2 Å². The van der Waals surface area contributed by atoms with Gasteiger partial charge in [-0.1, -0.05) is 473 Å². The van der Waals surface area contributed by atoms with Gasteiger partial charge in [0.1, 0.15) is 0 Å². The van der Waals surface area contributed by atoms with Crippen LogP contribution in [0.25, 0.3) is 66.8 Å². The van der Waals surface area contributed by atoms with Gasteiger partial charge in [-0.3, -0.25) is 15.0 Å². The van der Waals surface area contributed by atoms with Crippen molar-refractivity contribution in [3.05, 3.63) is 658 Å². The normalized spacial score (nSPS) is 16.0. The average Bonchev–Trinajstić information content (AvgIpc) is 1.48. The summed E-state index contributed by atoms with van der Waals surface area (Å²) in [5.41, 5.74) is 61.6. The van der Waals surface area contributed by atoms with E-state index in [0.29, 0.717) is 0 Å². The lowest BCUT2D eigenvalue weighted by molar-refractivity contribution is 0.632. The minimum Gasteiger partial charge on any atom is -0.257 e. The quantitative estimate of drug-likeness (QED) is 0.159. The van der Waals surface area contributed by atoms with Crippen LogP contribution in [0.3, 0.4) is 0 Å². The lowest BCUT2D eigenvalue weighted by atomic mass is 9.52. The summed E-state index contributed by atoms with van der Waals surface area (Å²) in [5.74, 6) is 0. The molecule has 3 heteroatoms. The summed E-state index contributed by atoms with van der Waals surface area (Å²) < 4.78 is 0. The molecule has 3 heterocycles. The summed E-state index contributed by atoms with van der Waals surface area (Å²) in [5, 5.41) is 0. The SMILES string of the molecule is c1ccc2c(c1)CC(Cc1ccc3c(c1)-c1ccccc1C31c3ccccc3C3(c4ccccc4-c4ccccc43)c3ccccc31)=N2.c1ccc2c(c1)CC(Cc1ccc3c(c1)C1(c4ccccc4-3)c3ccccc3C3(c4ccccc4-c4ccccc43)c3ccccc31)=N2.c1ccc2c(c1)CC(Cc1cccc3c1-c1ccccc1C31c3ccccc3C3(c4ccccc4-c4ccccc43)c3ccccc31)=N2. The van der Waals surface area contributed by atoms with E-state index in [-0.39, 0.29) is 0 Å². The first-order chi connectivity index (χ1) is 71.4. The average molecular weight is 1830 g/mol. The Morgan fingerprint density at radius 1 is 0.146 bits per heavy atom. The molecule has 21 aromatic carbocycles. The van der Waals surface area contributed by atoms with Gasteiger partial charge in [0.05, 0.1) is 49.6 Å². The molecule has 672 valence electrons. The third kappa shape index (κ3) is 10.6. The molecule has 3 aliphatic heterocycles. The summed E-state index contributed by atoms with van der Waals surface area (Å²) in [6.45, 7) is 0. The van der Waals surface area contributed by atoms with Crippen LogP contribution >= 0.6 is 0 Å². The van der Waals surface area contributed by atoms with Crippen molar-refractivity contribution in [3.63, 3.8) is 0 Å². The van der Waals surface area contributed by atoms with Gasteiger partial charge in [-0.2, -0.15) is 0 Å². The van der Waals surface area contributed by atoms with Crippen LogP contribution in [-0.2, 0) is 71.0 Å². The maximum absolute atomic E-state index is 5.11. The molecule has 0 fully saturated rings. The third-order valence-corrected chi connectivity index (χ3v) is 34.8. The molecule has 33 rings (SSSR count). The Morgan fingerprint density at radius 2 is 0.354 bits per heavy atom. The third-order valence-electron chi connectivity index (χ3n) is 34.8. The molecule has 0 saturated heterocycles. The lowest BCUT2D eigenvalue weighted by Crippen LogP contribution is -2.43. The number of hydrogen-bond acceptors (Lipinski definition) is 3. The first-order valence-corrected chi connectivity index (χ1v) is 51.2. The maximum Gasteiger partial charge on any atom is 0.0720 e. The number of aliphatic imine (C=N–C) groups is 3. The summed E-state index contributed by atoms with van der Waals surface area (Å²) in [6, 6.07) is 185. The Labute approximate surface area is 839 Å². The molecule has 0 radical (unpaired) electrons. The van der Waals surface area contributed by atoms with Crippen LogP contribution < -0.4 is 0 Å². The molecule has 0 unspecified atom stereocenters. The Morgan fingerprint density at radius 3 is 0.660 bits per heavy atom. The molecule has 21 aromatic rings. The molecular weight excluding hydrogens is 1740 g/mol. The Hall–Kier alpha value is -17.4. The van der Waals surface area contributed by atoms with Crippen LogP contribution in [0.4, 0.5) is 17.1 Å². The first kappa shape index (κ1) is 81.5. The summed E-state index contributed by atoms with van der Waals surface area (Å²) >= 11 is 0. The van der Waals surface area contributed by atoms with Gasteiger partial charge in [0.15, 0.2) is 0 Å². The second-order valence-electron chi connectivity index (χ2n) is 41.3. The molecule has 12 aliphatic rings. The fourth-order valence-electron chi connectivity index (χ4n) is 29.9. The van der Waals surface area contributed by atoms with Crippen molar-refractivity contribution in [3.8, 4) is 66.8 Å². The largest absolute Gasteiger partial charge is 0.257 e. The number of para-hydroxylation sites is 3. The van der Waals surface area contributed by atoms with Gasteiger partial charge in [0.2, 0.25) is 0 Å². The minimum absolute atomic E-state index is 0.404. The van der Waals surface area contributed by atoms with E-state index in [1.54, 1.807) is 0 Å². The van der Waals surface area contributed by atoms with E-state index in [9.17, 15) is 0 Å². The topological polar surface area (TPSA) is 37.1 Å². The molecule has 6 spiro atoms. The minimum atomic E-state index is -0.451. The summed E-state index contributed by atoms with van der Waals surface area (Å²) in [7, 11) is 0. The predicted molar refractivity (Wildman–Crippen MR) is 587 cm³/mol. The van der Waals surface area contributed by atoms with E-state index in [2.05, 4.69) is 491 Å². The molecule has 3 nitrogen and oxygen atoms in total. The van der Waals surface area contributed by atoms with E-state index >= 15 is 0 Å². The van der Waals surface area contributed by atoms with Gasteiger partial charge in [0.25, 0.3) is 0 Å². The number of nitrogens with zero attached hydrogens (tertiary/aromatic N) is 3. The van der Waals surface area contributed by atoms with Gasteiger partial charge in [-0.15, -0.1) is 0 Å². The zero-order valence-electron chi connectivity index (χ0n) is 79.3. The molecule has 144 heavy (non-hydrogen) atoms. The zero-order chi connectivity index (χ0) is 94.4. The van der Waals surface area contributed by atoms with Crippen LogP contribution in [0, 0.1) is 0 Å². The van der Waals surface area contributed by atoms with Crippen molar-refractivity contribution in [1.29, 1.82) is 0 Å². The van der Waals surface area contributed by atoms with E-state index in [4.69, 9.17) is 15.0 Å². The smallest absolute Gasteiger partial charge is 0.0720 e. The van der Waals surface area contributed by atoms with Gasteiger partial charge >= 0.3 is 0 Å². The van der Waals surface area contributed by atoms with Gasteiger partial charge in [-0.05, 0) is 252 Å². The highest BCUT2D eigenvalue weighted by molar-refractivity contribution is 6.04. The molecule has 0 aromatic heterocycles. The molecule has 0 saturated carbocycles. The first-order valence-electron chi connectivity index (χ1n) is 51.2. The van der Waals surface area contributed by atoms with Crippen molar-refractivity contribution in [2.45, 2.75) is 71.0 Å². The Balaban J connectivity index is 0.0000000986. The number of hydrogen-bond donors (Lipinski definition) is 0. The fourth-order valence-corrected chi connectivity index (χ4v) is 29.9. The van der Waals surface area contributed by atoms with Crippen LogP contribution in [0.1, 0.15) is 167 Å². The number of fused-ring (bicyclic) bond motifs is 51.